The van der Waals surface area contributed by atoms with Crippen molar-refractivity contribution in [3.8, 4) is 0 Å². The number of anilines is 1. The maximum Gasteiger partial charge on any atom is 0.253 e. The Morgan fingerprint density at radius 1 is 1.09 bits per heavy atom. The number of hydrogen-bond acceptors (Lipinski definition) is 2. The molecule has 0 aliphatic carbocycles. The minimum Gasteiger partial charge on any atom is -0.345 e. The second-order valence-electron chi connectivity index (χ2n) is 5.21. The van der Waals surface area contributed by atoms with Gasteiger partial charge < -0.3 is 10.2 Å². The van der Waals surface area contributed by atoms with Crippen LogP contribution in [0.1, 0.15) is 28.9 Å². The van der Waals surface area contributed by atoms with E-state index in [-0.39, 0.29) is 23.7 Å². The molecule has 0 aliphatic rings. The molecule has 2 rings (SSSR count). The monoisotopic (exact) mass is 330 g/mol. The number of carbonyl (C=O) groups excluding carboxylic acids is 2. The first kappa shape index (κ1) is 17.0. The van der Waals surface area contributed by atoms with Crippen LogP contribution in [0, 0.1) is 0 Å². The van der Waals surface area contributed by atoms with Gasteiger partial charge in [0.1, 0.15) is 5.88 Å². The van der Waals surface area contributed by atoms with Crippen LogP contribution in [0.15, 0.2) is 54.6 Å². The zero-order chi connectivity index (χ0) is 16.8. The van der Waals surface area contributed by atoms with Crippen molar-refractivity contribution < 1.29 is 9.59 Å². The van der Waals surface area contributed by atoms with Gasteiger partial charge in [0, 0.05) is 7.05 Å². The van der Waals surface area contributed by atoms with Gasteiger partial charge in [-0.2, -0.15) is 0 Å². The van der Waals surface area contributed by atoms with Gasteiger partial charge >= 0.3 is 0 Å². The zero-order valence-electron chi connectivity index (χ0n) is 13.1. The van der Waals surface area contributed by atoms with Gasteiger partial charge in [0.15, 0.2) is 0 Å². The highest BCUT2D eigenvalue weighted by Crippen LogP contribution is 2.21. The number of para-hydroxylation sites is 1. The Bertz CT molecular complexity index is 688. The molecule has 5 heteroatoms. The molecule has 0 saturated carbocycles. The van der Waals surface area contributed by atoms with E-state index in [9.17, 15) is 9.59 Å². The molecule has 0 fully saturated rings. The molecule has 120 valence electrons. The van der Waals surface area contributed by atoms with Crippen LogP contribution in [-0.4, -0.2) is 24.7 Å². The second-order valence-corrected chi connectivity index (χ2v) is 5.48. The molecule has 0 radical (unpaired) electrons. The van der Waals surface area contributed by atoms with E-state index in [0.717, 1.165) is 5.56 Å². The van der Waals surface area contributed by atoms with Crippen LogP contribution in [-0.2, 0) is 4.79 Å². The Hall–Kier alpha value is -2.33. The third-order valence-electron chi connectivity index (χ3n) is 3.65. The predicted octanol–water partition coefficient (Wildman–Crippen LogP) is 3.38. The van der Waals surface area contributed by atoms with Gasteiger partial charge in [0.2, 0.25) is 5.91 Å². The lowest BCUT2D eigenvalue weighted by molar-refractivity contribution is -0.116. The topological polar surface area (TPSA) is 49.4 Å². The normalized spacial score (nSPS) is 11.6. The summed E-state index contributed by atoms with van der Waals surface area (Å²) in [6.45, 7) is 1.92. The molecule has 0 unspecified atom stereocenters. The number of hydrogen-bond donors (Lipinski definition) is 1. The average molecular weight is 331 g/mol. The summed E-state index contributed by atoms with van der Waals surface area (Å²) < 4.78 is 0. The van der Waals surface area contributed by atoms with Crippen molar-refractivity contribution in [2.24, 2.45) is 0 Å². The summed E-state index contributed by atoms with van der Waals surface area (Å²) in [5.41, 5.74) is 2.00. The number of nitrogens with one attached hydrogen (secondary N) is 1. The van der Waals surface area contributed by atoms with Gasteiger partial charge in [0.25, 0.3) is 5.91 Å². The van der Waals surface area contributed by atoms with Crippen LogP contribution < -0.4 is 10.2 Å². The predicted molar refractivity (Wildman–Crippen MR) is 92.9 cm³/mol. The standard InChI is InChI=1S/C18H19ClN2O2/c1-13(14-8-4-3-5-9-14)20-18(23)15-10-6-7-11-16(15)21(2)17(22)12-19/h3-11,13H,12H2,1-2H3,(H,20,23)/t13-/m0/s1. The highest BCUT2D eigenvalue weighted by atomic mass is 35.5. The van der Waals surface area contributed by atoms with Gasteiger partial charge in [-0.15, -0.1) is 11.6 Å². The van der Waals surface area contributed by atoms with Crippen LogP contribution in [0.3, 0.4) is 0 Å². The van der Waals surface area contributed by atoms with Crippen molar-refractivity contribution in [1.82, 2.24) is 5.32 Å². The Kier molecular flexibility index (Phi) is 5.77. The lowest BCUT2D eigenvalue weighted by Crippen LogP contribution is -2.32. The molecule has 2 aromatic carbocycles. The molecule has 23 heavy (non-hydrogen) atoms. The quantitative estimate of drug-likeness (QED) is 0.854. The number of rotatable bonds is 5. The fourth-order valence-electron chi connectivity index (χ4n) is 2.28. The summed E-state index contributed by atoms with van der Waals surface area (Å²) in [6, 6.07) is 16.5. The molecule has 1 N–H and O–H groups in total. The lowest BCUT2D eigenvalue weighted by atomic mass is 10.1. The molecule has 1 atom stereocenters. The fourth-order valence-corrected chi connectivity index (χ4v) is 2.46. The second kappa shape index (κ2) is 7.79. The van der Waals surface area contributed by atoms with Gasteiger partial charge in [-0.05, 0) is 24.6 Å². The Balaban J connectivity index is 2.21. The van der Waals surface area contributed by atoms with Crippen molar-refractivity contribution in [2.45, 2.75) is 13.0 Å². The van der Waals surface area contributed by atoms with E-state index in [1.54, 1.807) is 31.3 Å². The summed E-state index contributed by atoms with van der Waals surface area (Å²) in [7, 11) is 1.61. The minimum atomic E-state index is -0.261. The number of benzene rings is 2. The van der Waals surface area contributed by atoms with Crippen molar-refractivity contribution >= 4 is 29.1 Å². The van der Waals surface area contributed by atoms with Crippen LogP contribution in [0.2, 0.25) is 0 Å². The maximum absolute atomic E-state index is 12.6. The van der Waals surface area contributed by atoms with Crippen LogP contribution >= 0.6 is 11.6 Å². The largest absolute Gasteiger partial charge is 0.345 e. The minimum absolute atomic E-state index is 0.132. The molecule has 2 aromatic rings. The average Bonchev–Trinajstić information content (AvgIpc) is 2.61. The van der Waals surface area contributed by atoms with Crippen molar-refractivity contribution in [3.63, 3.8) is 0 Å². The third-order valence-corrected chi connectivity index (χ3v) is 3.87. The zero-order valence-corrected chi connectivity index (χ0v) is 13.9. The maximum atomic E-state index is 12.6. The van der Waals surface area contributed by atoms with Crippen molar-refractivity contribution in [1.29, 1.82) is 0 Å². The molecule has 0 bridgehead atoms. The molecule has 2 amide bonds. The van der Waals surface area contributed by atoms with E-state index in [0.29, 0.717) is 11.3 Å². The summed E-state index contributed by atoms with van der Waals surface area (Å²) in [5.74, 6) is -0.624. The number of alkyl halides is 1. The molecule has 0 spiro atoms. The molecule has 0 aromatic heterocycles. The number of nitrogens with zero attached hydrogens (tertiary/aromatic N) is 1. The lowest BCUT2D eigenvalue weighted by Gasteiger charge is -2.21. The molecule has 0 heterocycles. The van der Waals surface area contributed by atoms with Crippen molar-refractivity contribution in [3.05, 3.63) is 65.7 Å². The number of amides is 2. The molecule has 4 nitrogen and oxygen atoms in total. The summed E-state index contributed by atoms with van der Waals surface area (Å²) >= 11 is 5.60. The summed E-state index contributed by atoms with van der Waals surface area (Å²) in [6.07, 6.45) is 0. The van der Waals surface area contributed by atoms with E-state index in [1.165, 1.54) is 4.90 Å². The highest BCUT2D eigenvalue weighted by Gasteiger charge is 2.19. The first-order chi connectivity index (χ1) is 11.0. The summed E-state index contributed by atoms with van der Waals surface area (Å²) in [4.78, 5) is 25.8. The first-order valence-corrected chi connectivity index (χ1v) is 7.85. The van der Waals surface area contributed by atoms with E-state index in [4.69, 9.17) is 11.6 Å². The number of carbonyl (C=O) groups is 2. The van der Waals surface area contributed by atoms with Crippen LogP contribution in [0.5, 0.6) is 0 Å². The van der Waals surface area contributed by atoms with Crippen LogP contribution in [0.4, 0.5) is 5.69 Å². The first-order valence-electron chi connectivity index (χ1n) is 7.32. The third kappa shape index (κ3) is 4.11. The van der Waals surface area contributed by atoms with Gasteiger partial charge in [0.05, 0.1) is 17.3 Å². The molecular formula is C18H19ClN2O2. The van der Waals surface area contributed by atoms with Gasteiger partial charge in [-0.1, -0.05) is 42.5 Å². The van der Waals surface area contributed by atoms with Gasteiger partial charge in [-0.3, -0.25) is 9.59 Å². The Morgan fingerprint density at radius 3 is 2.35 bits per heavy atom. The smallest absolute Gasteiger partial charge is 0.253 e. The van der Waals surface area contributed by atoms with Crippen molar-refractivity contribution in [2.75, 3.05) is 17.8 Å². The van der Waals surface area contributed by atoms with Gasteiger partial charge in [-0.25, -0.2) is 0 Å². The van der Waals surface area contributed by atoms with Crippen LogP contribution in [0.25, 0.3) is 0 Å². The number of halogens is 1. The fraction of sp³-hybridized carbons (Fsp3) is 0.222. The Labute approximate surface area is 141 Å². The molecule has 0 aliphatic heterocycles. The molecule has 0 saturated heterocycles. The Morgan fingerprint density at radius 2 is 1.70 bits per heavy atom. The van der Waals surface area contributed by atoms with E-state index in [1.807, 2.05) is 37.3 Å². The van der Waals surface area contributed by atoms with E-state index < -0.39 is 0 Å². The highest BCUT2D eigenvalue weighted by molar-refractivity contribution is 6.29. The summed E-state index contributed by atoms with van der Waals surface area (Å²) in [5, 5.41) is 2.95. The molecular weight excluding hydrogens is 312 g/mol. The SMILES string of the molecule is C[C@H](NC(=O)c1ccccc1N(C)C(=O)CCl)c1ccccc1. The van der Waals surface area contributed by atoms with E-state index in [2.05, 4.69) is 5.32 Å². The van der Waals surface area contributed by atoms with E-state index >= 15 is 0 Å².